The summed E-state index contributed by atoms with van der Waals surface area (Å²) in [5.41, 5.74) is 6.04. The van der Waals surface area contributed by atoms with Crippen LogP contribution >= 0.6 is 0 Å². The molecule has 0 spiro atoms. The lowest BCUT2D eigenvalue weighted by atomic mass is 10.2. The number of rotatable bonds is 8. The van der Waals surface area contributed by atoms with Crippen LogP contribution in [-0.2, 0) is 18.4 Å². The quantitative estimate of drug-likeness (QED) is 0.382. The number of ether oxygens (including phenoxy) is 1. The Kier molecular flexibility index (Phi) is 5.95. The van der Waals surface area contributed by atoms with Gasteiger partial charge in [-0.3, -0.25) is 4.79 Å². The maximum absolute atomic E-state index is 14.6. The van der Waals surface area contributed by atoms with E-state index in [1.165, 1.54) is 23.0 Å². The van der Waals surface area contributed by atoms with Crippen molar-refractivity contribution in [2.24, 2.45) is 12.8 Å². The van der Waals surface area contributed by atoms with E-state index in [1.807, 2.05) is 0 Å². The Morgan fingerprint density at radius 3 is 2.70 bits per heavy atom. The summed E-state index contributed by atoms with van der Waals surface area (Å²) in [7, 11) is 1.60. The molecule has 0 radical (unpaired) electrons. The Hall–Kier alpha value is -4.40. The zero-order chi connectivity index (χ0) is 23.5. The van der Waals surface area contributed by atoms with Gasteiger partial charge >= 0.3 is 5.97 Å². The number of pyridine rings is 1. The summed E-state index contributed by atoms with van der Waals surface area (Å²) in [4.78, 5) is 15.7. The normalized spacial score (nSPS) is 12.0. The van der Waals surface area contributed by atoms with Crippen LogP contribution in [0, 0.1) is 11.6 Å². The lowest BCUT2D eigenvalue weighted by molar-refractivity contribution is -0.137. The number of aryl methyl sites for hydroxylation is 1. The van der Waals surface area contributed by atoms with Gasteiger partial charge in [0.15, 0.2) is 11.6 Å². The molecule has 4 aromatic rings. The molecule has 0 saturated carbocycles. The zero-order valence-corrected chi connectivity index (χ0v) is 17.0. The van der Waals surface area contributed by atoms with Gasteiger partial charge in [-0.2, -0.15) is 4.80 Å². The Bertz CT molecular complexity index is 1310. The molecule has 1 atom stereocenters. The van der Waals surface area contributed by atoms with Crippen LogP contribution in [0.1, 0.15) is 6.42 Å². The molecule has 1 unspecified atom stereocenters. The van der Waals surface area contributed by atoms with Gasteiger partial charge in [-0.15, -0.1) is 15.3 Å². The van der Waals surface area contributed by atoms with Crippen LogP contribution in [0.2, 0.25) is 0 Å². The van der Waals surface area contributed by atoms with Crippen molar-refractivity contribution in [2.75, 3.05) is 0 Å². The van der Waals surface area contributed by atoms with Gasteiger partial charge in [0.2, 0.25) is 5.82 Å². The number of nitrogens with zero attached hydrogens (tertiary/aromatic N) is 9. The number of carboxylic acid groups (broad SMARTS) is 1. The number of carbonyl (C=O) groups is 1. The Morgan fingerprint density at radius 1 is 1.21 bits per heavy atom. The highest BCUT2D eigenvalue weighted by molar-refractivity contribution is 5.67. The van der Waals surface area contributed by atoms with E-state index in [0.29, 0.717) is 11.4 Å². The molecule has 170 valence electrons. The van der Waals surface area contributed by atoms with Crippen molar-refractivity contribution in [3.8, 4) is 34.4 Å². The monoisotopic (exact) mass is 458 g/mol. The summed E-state index contributed by atoms with van der Waals surface area (Å²) >= 11 is 0. The first-order valence-electron chi connectivity index (χ1n) is 9.41. The van der Waals surface area contributed by atoms with E-state index in [-0.39, 0.29) is 36.0 Å². The lowest BCUT2D eigenvalue weighted by Gasteiger charge is -2.08. The number of halogens is 2. The number of carboxylic acids is 1. The van der Waals surface area contributed by atoms with Crippen molar-refractivity contribution in [1.82, 2.24) is 45.4 Å². The first-order valence-corrected chi connectivity index (χ1v) is 9.41. The van der Waals surface area contributed by atoms with Gasteiger partial charge in [-0.1, -0.05) is 0 Å². The van der Waals surface area contributed by atoms with Crippen molar-refractivity contribution < 1.29 is 23.4 Å². The third-order valence-corrected chi connectivity index (χ3v) is 4.37. The molecule has 33 heavy (non-hydrogen) atoms. The number of hydrogen-bond acceptors (Lipinski definition) is 10. The summed E-state index contributed by atoms with van der Waals surface area (Å²) < 4.78 is 35.8. The average Bonchev–Trinajstić information content (AvgIpc) is 3.38. The van der Waals surface area contributed by atoms with Gasteiger partial charge in [0.05, 0.1) is 18.5 Å². The molecule has 0 bridgehead atoms. The van der Waals surface area contributed by atoms with Gasteiger partial charge in [0, 0.05) is 30.9 Å². The Morgan fingerprint density at radius 2 is 2.03 bits per heavy atom. The molecule has 0 aliphatic rings. The maximum atomic E-state index is 14.6. The van der Waals surface area contributed by atoms with Crippen LogP contribution in [-0.4, -0.2) is 62.5 Å². The first-order chi connectivity index (χ1) is 15.8. The summed E-state index contributed by atoms with van der Waals surface area (Å²) in [5.74, 6) is -2.69. The highest BCUT2D eigenvalue weighted by atomic mass is 19.1. The SMILES string of the molecule is Cn1nnnc1-c1cnc(Oc2ccc(-c3nnn(CC(N)CC(=O)O)n3)c(F)c2)c(F)c1. The molecular formula is C18H16F2N10O3. The van der Waals surface area contributed by atoms with Crippen LogP contribution in [0.3, 0.4) is 0 Å². The largest absolute Gasteiger partial charge is 0.481 e. The predicted molar refractivity (Wildman–Crippen MR) is 106 cm³/mol. The fraction of sp³-hybridized carbons (Fsp3) is 0.222. The number of aromatic nitrogens is 9. The van der Waals surface area contributed by atoms with Crippen molar-refractivity contribution in [3.05, 3.63) is 42.1 Å². The average molecular weight is 458 g/mol. The fourth-order valence-electron chi connectivity index (χ4n) is 2.88. The molecule has 3 N–H and O–H groups in total. The number of hydrogen-bond donors (Lipinski definition) is 2. The Balaban J connectivity index is 1.48. The number of benzene rings is 1. The van der Waals surface area contributed by atoms with E-state index in [0.717, 1.165) is 16.9 Å². The molecule has 3 heterocycles. The van der Waals surface area contributed by atoms with Crippen molar-refractivity contribution in [3.63, 3.8) is 0 Å². The zero-order valence-electron chi connectivity index (χ0n) is 17.0. The minimum atomic E-state index is -1.06. The predicted octanol–water partition coefficient (Wildman–Crippen LogP) is 0.798. The highest BCUT2D eigenvalue weighted by Crippen LogP contribution is 2.28. The second kappa shape index (κ2) is 8.99. The van der Waals surface area contributed by atoms with Gasteiger partial charge in [-0.25, -0.2) is 18.4 Å². The third-order valence-electron chi connectivity index (χ3n) is 4.37. The lowest BCUT2D eigenvalue weighted by Crippen LogP contribution is -2.30. The van der Waals surface area contributed by atoms with Crippen molar-refractivity contribution in [1.29, 1.82) is 0 Å². The van der Waals surface area contributed by atoms with Crippen LogP contribution in [0.4, 0.5) is 8.78 Å². The molecule has 0 saturated heterocycles. The van der Waals surface area contributed by atoms with Crippen LogP contribution in [0.5, 0.6) is 11.6 Å². The molecule has 0 aliphatic carbocycles. The standard InChI is InChI=1S/C18H16F2N10O3/c1-29-17(24-26-28-29)9-4-14(20)18(22-7-9)33-11-2-3-12(13(19)6-11)16-23-27-30(25-16)8-10(21)5-15(31)32/h2-4,6-7,10H,5,8,21H2,1H3,(H,31,32). The van der Waals surface area contributed by atoms with Gasteiger partial charge in [0.1, 0.15) is 11.6 Å². The van der Waals surface area contributed by atoms with Gasteiger partial charge < -0.3 is 15.6 Å². The number of aliphatic carboxylic acids is 1. The van der Waals surface area contributed by atoms with E-state index in [4.69, 9.17) is 15.6 Å². The molecule has 1 aromatic carbocycles. The topological polar surface area (TPSA) is 173 Å². The van der Waals surface area contributed by atoms with Gasteiger partial charge in [0.25, 0.3) is 5.88 Å². The number of tetrazole rings is 2. The minimum absolute atomic E-state index is 0.00649. The number of nitrogens with two attached hydrogens (primary N) is 1. The summed E-state index contributed by atoms with van der Waals surface area (Å²) in [5, 5.41) is 31.2. The van der Waals surface area contributed by atoms with E-state index >= 15 is 0 Å². The molecule has 0 fully saturated rings. The third kappa shape index (κ3) is 4.93. The molecule has 15 heteroatoms. The molecule has 0 aliphatic heterocycles. The molecule has 0 amide bonds. The molecule has 13 nitrogen and oxygen atoms in total. The van der Waals surface area contributed by atoms with Gasteiger partial charge in [-0.05, 0) is 33.8 Å². The van der Waals surface area contributed by atoms with Crippen molar-refractivity contribution >= 4 is 5.97 Å². The van der Waals surface area contributed by atoms with E-state index in [9.17, 15) is 13.6 Å². The molecule has 4 rings (SSSR count). The van der Waals surface area contributed by atoms with Crippen LogP contribution < -0.4 is 10.5 Å². The van der Waals surface area contributed by atoms with Crippen molar-refractivity contribution in [2.45, 2.75) is 19.0 Å². The smallest absolute Gasteiger partial charge is 0.304 e. The Labute approximate surface area is 183 Å². The molecular weight excluding hydrogens is 442 g/mol. The summed E-state index contributed by atoms with van der Waals surface area (Å²) in [6.45, 7) is -0.00649. The fourth-order valence-corrected chi connectivity index (χ4v) is 2.88. The van der Waals surface area contributed by atoms with Crippen LogP contribution in [0.15, 0.2) is 30.5 Å². The summed E-state index contributed by atoms with van der Waals surface area (Å²) in [6.07, 6.45) is 1.05. The highest BCUT2D eigenvalue weighted by Gasteiger charge is 2.17. The second-order valence-corrected chi connectivity index (χ2v) is 6.91. The maximum Gasteiger partial charge on any atom is 0.304 e. The molecule has 3 aromatic heterocycles. The van der Waals surface area contributed by atoms with Crippen LogP contribution in [0.25, 0.3) is 22.8 Å². The minimum Gasteiger partial charge on any atom is -0.481 e. The first kappa shape index (κ1) is 21.8. The van der Waals surface area contributed by atoms with E-state index in [2.05, 4.69) is 35.9 Å². The summed E-state index contributed by atoms with van der Waals surface area (Å²) in [6, 6.07) is 4.16. The second-order valence-electron chi connectivity index (χ2n) is 6.91. The van der Waals surface area contributed by atoms with E-state index in [1.54, 1.807) is 7.05 Å². The van der Waals surface area contributed by atoms with E-state index < -0.39 is 23.6 Å².